The predicted molar refractivity (Wildman–Crippen MR) is 76.4 cm³/mol. The molecule has 0 bridgehead atoms. The largest absolute Gasteiger partial charge is 0.478 e. The Labute approximate surface area is 111 Å². The molecule has 2 aromatic rings. The predicted octanol–water partition coefficient (Wildman–Crippen LogP) is 3.61. The van der Waals surface area contributed by atoms with E-state index in [9.17, 15) is 9.90 Å². The zero-order valence-corrected chi connectivity index (χ0v) is 11.5. The average Bonchev–Trinajstić information content (AvgIpc) is 2.73. The molecule has 1 aromatic heterocycles. The van der Waals surface area contributed by atoms with Gasteiger partial charge in [0.05, 0.1) is 11.1 Å². The summed E-state index contributed by atoms with van der Waals surface area (Å²) in [5.74, 6) is 1.14. The van der Waals surface area contributed by atoms with E-state index < -0.39 is 5.97 Å². The lowest BCUT2D eigenvalue weighted by Gasteiger charge is -2.08. The molecule has 1 N–H and O–H groups in total. The van der Waals surface area contributed by atoms with Crippen molar-refractivity contribution in [2.45, 2.75) is 26.1 Å². The van der Waals surface area contributed by atoms with Gasteiger partial charge in [-0.05, 0) is 24.8 Å². The molecule has 1 heterocycles. The molecule has 18 heavy (non-hydrogen) atoms. The Morgan fingerprint density at radius 2 is 2.17 bits per heavy atom. The van der Waals surface area contributed by atoms with E-state index in [-0.39, 0.29) is 0 Å². The molecular weight excluding hydrogens is 246 g/mol. The minimum Gasteiger partial charge on any atom is -0.478 e. The van der Waals surface area contributed by atoms with Gasteiger partial charge in [-0.3, -0.25) is 0 Å². The monoisotopic (exact) mass is 263 g/mol. The summed E-state index contributed by atoms with van der Waals surface area (Å²) in [6, 6.07) is 7.57. The van der Waals surface area contributed by atoms with Crippen LogP contribution < -0.4 is 0 Å². The molecule has 0 saturated carbocycles. The maximum Gasteiger partial charge on any atom is 0.337 e. The molecule has 0 unspecified atom stereocenters. The Hall–Kier alpha value is -1.42. The highest BCUT2D eigenvalue weighted by Crippen LogP contribution is 2.26. The number of rotatable bonds is 5. The molecule has 1 aromatic carbocycles. The van der Waals surface area contributed by atoms with Crippen LogP contribution in [0.2, 0.25) is 0 Å². The first-order valence-corrected chi connectivity index (χ1v) is 7.26. The highest BCUT2D eigenvalue weighted by molar-refractivity contribution is 7.98. The van der Waals surface area contributed by atoms with Gasteiger partial charge in [0.2, 0.25) is 0 Å². The van der Waals surface area contributed by atoms with Gasteiger partial charge in [0, 0.05) is 23.4 Å². The van der Waals surface area contributed by atoms with Gasteiger partial charge in [0.1, 0.15) is 0 Å². The molecule has 0 aliphatic rings. The molecule has 4 heteroatoms. The molecule has 0 radical (unpaired) electrons. The number of hydrogen-bond acceptors (Lipinski definition) is 2. The summed E-state index contributed by atoms with van der Waals surface area (Å²) in [7, 11) is 0. The molecular formula is C14H17NO2S. The Balaban J connectivity index is 2.62. The Bertz CT molecular complexity index is 574. The average molecular weight is 263 g/mol. The van der Waals surface area contributed by atoms with E-state index in [2.05, 4.69) is 24.5 Å². The third-order valence-corrected chi connectivity index (χ3v) is 3.91. The number of aromatic nitrogens is 1. The van der Waals surface area contributed by atoms with Crippen LogP contribution in [0.4, 0.5) is 0 Å². The van der Waals surface area contributed by atoms with Crippen LogP contribution in [0.15, 0.2) is 24.3 Å². The van der Waals surface area contributed by atoms with Crippen molar-refractivity contribution in [3.63, 3.8) is 0 Å². The number of aryl methyl sites for hydroxylation is 1. The van der Waals surface area contributed by atoms with Crippen molar-refractivity contribution in [2.24, 2.45) is 0 Å². The maximum atomic E-state index is 11.3. The van der Waals surface area contributed by atoms with Crippen molar-refractivity contribution in [1.82, 2.24) is 4.57 Å². The lowest BCUT2D eigenvalue weighted by molar-refractivity contribution is 0.0698. The molecule has 0 spiro atoms. The van der Waals surface area contributed by atoms with E-state index in [4.69, 9.17) is 0 Å². The van der Waals surface area contributed by atoms with Crippen molar-refractivity contribution >= 4 is 28.6 Å². The molecule has 0 saturated heterocycles. The number of benzene rings is 1. The smallest absolute Gasteiger partial charge is 0.337 e. The number of thioether (sulfide) groups is 1. The third-order valence-electron chi connectivity index (χ3n) is 3.01. The Morgan fingerprint density at radius 3 is 2.78 bits per heavy atom. The number of nitrogens with zero attached hydrogens (tertiary/aromatic N) is 1. The van der Waals surface area contributed by atoms with Gasteiger partial charge in [-0.2, -0.15) is 11.8 Å². The summed E-state index contributed by atoms with van der Waals surface area (Å²) in [6.45, 7) is 4.98. The number of aromatic carboxylic acids is 1. The van der Waals surface area contributed by atoms with Crippen LogP contribution in [-0.4, -0.2) is 21.4 Å². The van der Waals surface area contributed by atoms with Gasteiger partial charge in [-0.15, -0.1) is 0 Å². The van der Waals surface area contributed by atoms with Gasteiger partial charge in [-0.1, -0.05) is 19.1 Å². The number of hydrogen-bond donors (Lipinski definition) is 1. The van der Waals surface area contributed by atoms with E-state index in [1.807, 2.05) is 23.9 Å². The summed E-state index contributed by atoms with van der Waals surface area (Å²) >= 11 is 1.85. The number of para-hydroxylation sites is 1. The summed E-state index contributed by atoms with van der Waals surface area (Å²) in [6.07, 6.45) is 0. The second kappa shape index (κ2) is 5.48. The quantitative estimate of drug-likeness (QED) is 0.896. The Morgan fingerprint density at radius 1 is 1.39 bits per heavy atom. The first kappa shape index (κ1) is 13.0. The van der Waals surface area contributed by atoms with Crippen molar-refractivity contribution < 1.29 is 9.90 Å². The SMILES string of the molecule is CCSCc1cc2cccc(C(=O)O)c2n1CC. The lowest BCUT2D eigenvalue weighted by atomic mass is 10.1. The number of fused-ring (bicyclic) bond motifs is 1. The summed E-state index contributed by atoms with van der Waals surface area (Å²) in [5.41, 5.74) is 2.44. The second-order valence-corrected chi connectivity index (χ2v) is 5.34. The number of carbonyl (C=O) groups is 1. The first-order chi connectivity index (χ1) is 8.69. The van der Waals surface area contributed by atoms with Crippen LogP contribution in [0, 0.1) is 0 Å². The van der Waals surface area contributed by atoms with Crippen LogP contribution in [0.1, 0.15) is 29.9 Å². The van der Waals surface area contributed by atoms with E-state index in [0.29, 0.717) is 5.56 Å². The van der Waals surface area contributed by atoms with Crippen LogP contribution >= 0.6 is 11.8 Å². The molecule has 0 aliphatic carbocycles. The molecule has 0 aliphatic heterocycles. The fourth-order valence-electron chi connectivity index (χ4n) is 2.24. The van der Waals surface area contributed by atoms with Crippen LogP contribution in [-0.2, 0) is 12.3 Å². The minimum absolute atomic E-state index is 0.391. The second-order valence-electron chi connectivity index (χ2n) is 4.07. The third kappa shape index (κ3) is 2.25. The standard InChI is InChI=1S/C14H17NO2S/c1-3-15-11(9-18-4-2)8-10-6-5-7-12(13(10)15)14(16)17/h5-8H,3-4,9H2,1-2H3,(H,16,17). The lowest BCUT2D eigenvalue weighted by Crippen LogP contribution is -2.04. The summed E-state index contributed by atoms with van der Waals surface area (Å²) < 4.78 is 2.11. The first-order valence-electron chi connectivity index (χ1n) is 6.11. The maximum absolute atomic E-state index is 11.3. The highest BCUT2D eigenvalue weighted by atomic mass is 32.2. The summed E-state index contributed by atoms with van der Waals surface area (Å²) in [4.78, 5) is 11.3. The van der Waals surface area contributed by atoms with Crippen molar-refractivity contribution in [3.8, 4) is 0 Å². The molecule has 2 rings (SSSR count). The zero-order valence-electron chi connectivity index (χ0n) is 10.6. The minimum atomic E-state index is -0.858. The van der Waals surface area contributed by atoms with E-state index in [1.54, 1.807) is 6.07 Å². The van der Waals surface area contributed by atoms with E-state index >= 15 is 0 Å². The van der Waals surface area contributed by atoms with Gasteiger partial charge >= 0.3 is 5.97 Å². The van der Waals surface area contributed by atoms with Crippen molar-refractivity contribution in [3.05, 3.63) is 35.5 Å². The summed E-state index contributed by atoms with van der Waals surface area (Å²) in [5, 5.41) is 10.3. The molecule has 3 nitrogen and oxygen atoms in total. The van der Waals surface area contributed by atoms with Crippen LogP contribution in [0.25, 0.3) is 10.9 Å². The molecule has 0 amide bonds. The van der Waals surface area contributed by atoms with Crippen molar-refractivity contribution in [1.29, 1.82) is 0 Å². The molecule has 96 valence electrons. The fourth-order valence-corrected chi connectivity index (χ4v) is 2.89. The fraction of sp³-hybridized carbons (Fsp3) is 0.357. The Kier molecular flexibility index (Phi) is 3.97. The molecule has 0 atom stereocenters. The van der Waals surface area contributed by atoms with Crippen LogP contribution in [0.3, 0.4) is 0 Å². The van der Waals surface area contributed by atoms with Gasteiger partial charge < -0.3 is 9.67 Å². The topological polar surface area (TPSA) is 42.2 Å². The zero-order chi connectivity index (χ0) is 13.1. The number of carboxylic acids is 1. The van der Waals surface area contributed by atoms with Crippen LogP contribution in [0.5, 0.6) is 0 Å². The normalized spacial score (nSPS) is 11.0. The van der Waals surface area contributed by atoms with E-state index in [1.165, 1.54) is 5.69 Å². The number of carboxylic acid groups (broad SMARTS) is 1. The van der Waals surface area contributed by atoms with Crippen molar-refractivity contribution in [2.75, 3.05) is 5.75 Å². The highest BCUT2D eigenvalue weighted by Gasteiger charge is 2.14. The van der Waals surface area contributed by atoms with Gasteiger partial charge in [0.25, 0.3) is 0 Å². The molecule has 0 fully saturated rings. The van der Waals surface area contributed by atoms with E-state index in [0.717, 1.165) is 29.0 Å². The van der Waals surface area contributed by atoms with Gasteiger partial charge in [0.15, 0.2) is 0 Å². The van der Waals surface area contributed by atoms with Gasteiger partial charge in [-0.25, -0.2) is 4.79 Å².